The second kappa shape index (κ2) is 11.3. The molecule has 1 aliphatic heterocycles. The zero-order chi connectivity index (χ0) is 19.8. The van der Waals surface area contributed by atoms with E-state index in [1.54, 1.807) is 25.4 Å². The number of rotatable bonds is 6. The van der Waals surface area contributed by atoms with Gasteiger partial charge in [-0.2, -0.15) is 0 Å². The molecule has 0 saturated carbocycles. The molecule has 154 valence electrons. The number of benzene rings is 1. The van der Waals surface area contributed by atoms with Crippen molar-refractivity contribution >= 4 is 47.4 Å². The third-order valence-corrected chi connectivity index (χ3v) is 4.47. The van der Waals surface area contributed by atoms with Gasteiger partial charge in [0.15, 0.2) is 5.96 Å². The van der Waals surface area contributed by atoms with Crippen LogP contribution in [0.15, 0.2) is 53.8 Å². The molecule has 0 spiro atoms. The third-order valence-electron chi connectivity index (χ3n) is 4.47. The molecule has 0 saturated heterocycles. The number of amides is 2. The largest absolute Gasteiger partial charge is 0.356 e. The van der Waals surface area contributed by atoms with Crippen molar-refractivity contribution in [3.8, 4) is 0 Å². The summed E-state index contributed by atoms with van der Waals surface area (Å²) in [5.74, 6) is 0.558. The molecule has 2 heterocycles. The van der Waals surface area contributed by atoms with Crippen LogP contribution in [0.2, 0.25) is 0 Å². The number of pyridine rings is 1. The number of hydrogen-bond acceptors (Lipinski definition) is 4. The van der Waals surface area contributed by atoms with Gasteiger partial charge in [-0.3, -0.25) is 19.6 Å². The molecule has 4 N–H and O–H groups in total. The van der Waals surface area contributed by atoms with Gasteiger partial charge < -0.3 is 21.3 Å². The molecule has 1 aromatic heterocycles. The van der Waals surface area contributed by atoms with Crippen LogP contribution in [0.3, 0.4) is 0 Å². The van der Waals surface area contributed by atoms with Crippen molar-refractivity contribution in [2.24, 2.45) is 4.99 Å². The molecular weight excluding hydrogens is 483 g/mol. The summed E-state index contributed by atoms with van der Waals surface area (Å²) in [5.41, 5.74) is 2.51. The van der Waals surface area contributed by atoms with Gasteiger partial charge in [0.1, 0.15) is 0 Å². The molecule has 0 fully saturated rings. The lowest BCUT2D eigenvalue weighted by Crippen LogP contribution is -2.43. The number of para-hydroxylation sites is 1. The number of guanidine groups is 1. The molecule has 0 bridgehead atoms. The van der Waals surface area contributed by atoms with E-state index in [4.69, 9.17) is 0 Å². The minimum Gasteiger partial charge on any atom is -0.356 e. The Labute approximate surface area is 187 Å². The van der Waals surface area contributed by atoms with E-state index in [-0.39, 0.29) is 41.7 Å². The predicted molar refractivity (Wildman–Crippen MR) is 124 cm³/mol. The van der Waals surface area contributed by atoms with E-state index in [9.17, 15) is 9.59 Å². The van der Waals surface area contributed by atoms with Crippen molar-refractivity contribution in [1.82, 2.24) is 20.9 Å². The number of nitrogens with one attached hydrogen (secondary N) is 4. The Morgan fingerprint density at radius 2 is 1.97 bits per heavy atom. The van der Waals surface area contributed by atoms with E-state index in [2.05, 4.69) is 31.2 Å². The second-order valence-electron chi connectivity index (χ2n) is 6.41. The van der Waals surface area contributed by atoms with Crippen molar-refractivity contribution in [1.29, 1.82) is 0 Å². The summed E-state index contributed by atoms with van der Waals surface area (Å²) >= 11 is 0. The monoisotopic (exact) mass is 508 g/mol. The van der Waals surface area contributed by atoms with E-state index in [0.29, 0.717) is 37.6 Å². The van der Waals surface area contributed by atoms with E-state index in [1.807, 2.05) is 24.3 Å². The van der Waals surface area contributed by atoms with Crippen LogP contribution in [0, 0.1) is 0 Å². The SMILES string of the molecule is CN=C(NCCNC(=O)c1cccnc1)NCC1CC(=O)Nc2ccccc21.I. The lowest BCUT2D eigenvalue weighted by atomic mass is 9.90. The molecule has 1 atom stereocenters. The van der Waals surface area contributed by atoms with Crippen LogP contribution in [0.5, 0.6) is 0 Å². The van der Waals surface area contributed by atoms with Crippen LogP contribution in [0.4, 0.5) is 5.69 Å². The maximum Gasteiger partial charge on any atom is 0.252 e. The minimum atomic E-state index is -0.164. The van der Waals surface area contributed by atoms with Gasteiger partial charge in [0, 0.05) is 57.1 Å². The van der Waals surface area contributed by atoms with Crippen LogP contribution in [0.25, 0.3) is 0 Å². The number of fused-ring (bicyclic) bond motifs is 1. The highest BCUT2D eigenvalue weighted by atomic mass is 127. The van der Waals surface area contributed by atoms with Gasteiger partial charge in [-0.15, -0.1) is 24.0 Å². The molecule has 1 unspecified atom stereocenters. The zero-order valence-corrected chi connectivity index (χ0v) is 18.5. The first-order valence-electron chi connectivity index (χ1n) is 9.19. The normalized spacial score (nSPS) is 15.4. The molecule has 29 heavy (non-hydrogen) atoms. The average Bonchev–Trinajstić information content (AvgIpc) is 2.73. The maximum atomic E-state index is 12.0. The van der Waals surface area contributed by atoms with Crippen LogP contribution in [0.1, 0.15) is 28.3 Å². The summed E-state index contributed by atoms with van der Waals surface area (Å²) in [6, 6.07) is 11.3. The number of nitrogens with zero attached hydrogens (tertiary/aromatic N) is 2. The summed E-state index contributed by atoms with van der Waals surface area (Å²) in [7, 11) is 1.69. The highest BCUT2D eigenvalue weighted by Gasteiger charge is 2.24. The molecule has 2 aromatic rings. The van der Waals surface area contributed by atoms with E-state index < -0.39 is 0 Å². The van der Waals surface area contributed by atoms with Crippen molar-refractivity contribution in [2.75, 3.05) is 32.0 Å². The van der Waals surface area contributed by atoms with Crippen molar-refractivity contribution < 1.29 is 9.59 Å². The Morgan fingerprint density at radius 1 is 1.17 bits per heavy atom. The molecular formula is C20H25IN6O2. The summed E-state index contributed by atoms with van der Waals surface area (Å²) in [6.45, 7) is 1.56. The predicted octanol–water partition coefficient (Wildman–Crippen LogP) is 1.72. The highest BCUT2D eigenvalue weighted by molar-refractivity contribution is 14.0. The Bertz CT molecular complexity index is 859. The fourth-order valence-corrected chi connectivity index (χ4v) is 3.08. The first kappa shape index (κ1) is 22.6. The van der Waals surface area contributed by atoms with E-state index >= 15 is 0 Å². The summed E-state index contributed by atoms with van der Waals surface area (Å²) in [5, 5.41) is 12.1. The van der Waals surface area contributed by atoms with Crippen molar-refractivity contribution in [3.63, 3.8) is 0 Å². The molecule has 8 nitrogen and oxygen atoms in total. The zero-order valence-electron chi connectivity index (χ0n) is 16.1. The fraction of sp³-hybridized carbons (Fsp3) is 0.300. The van der Waals surface area contributed by atoms with Crippen LogP contribution >= 0.6 is 24.0 Å². The van der Waals surface area contributed by atoms with Gasteiger partial charge >= 0.3 is 0 Å². The Morgan fingerprint density at radius 3 is 2.72 bits per heavy atom. The Kier molecular flexibility index (Phi) is 8.84. The first-order chi connectivity index (χ1) is 13.7. The van der Waals surface area contributed by atoms with Crippen molar-refractivity contribution in [2.45, 2.75) is 12.3 Å². The number of hydrogen-bond donors (Lipinski definition) is 4. The van der Waals surface area contributed by atoms with Gasteiger partial charge in [0.2, 0.25) is 5.91 Å². The summed E-state index contributed by atoms with van der Waals surface area (Å²) in [4.78, 5) is 32.0. The number of aromatic nitrogens is 1. The smallest absolute Gasteiger partial charge is 0.252 e. The molecule has 3 rings (SSSR count). The van der Waals surface area contributed by atoms with Crippen LogP contribution in [-0.2, 0) is 4.79 Å². The lowest BCUT2D eigenvalue weighted by Gasteiger charge is -2.26. The van der Waals surface area contributed by atoms with Crippen LogP contribution < -0.4 is 21.3 Å². The van der Waals surface area contributed by atoms with Gasteiger partial charge in [-0.05, 0) is 23.8 Å². The topological polar surface area (TPSA) is 108 Å². The summed E-state index contributed by atoms with van der Waals surface area (Å²) in [6.07, 6.45) is 3.59. The molecule has 0 aliphatic carbocycles. The Balaban J connectivity index is 0.00000300. The third kappa shape index (κ3) is 6.41. The number of halogens is 1. The molecule has 0 radical (unpaired) electrons. The molecule has 2 amide bonds. The number of aliphatic imine (C=N–C) groups is 1. The fourth-order valence-electron chi connectivity index (χ4n) is 3.08. The maximum absolute atomic E-state index is 12.0. The van der Waals surface area contributed by atoms with Gasteiger partial charge in [0.25, 0.3) is 5.91 Å². The minimum absolute atomic E-state index is 0. The van der Waals surface area contributed by atoms with Gasteiger partial charge in [0.05, 0.1) is 5.56 Å². The second-order valence-corrected chi connectivity index (χ2v) is 6.41. The van der Waals surface area contributed by atoms with Gasteiger partial charge in [-0.1, -0.05) is 18.2 Å². The van der Waals surface area contributed by atoms with E-state index in [0.717, 1.165) is 11.3 Å². The molecule has 1 aliphatic rings. The van der Waals surface area contributed by atoms with Crippen molar-refractivity contribution in [3.05, 3.63) is 59.9 Å². The number of carbonyl (C=O) groups excluding carboxylic acids is 2. The average molecular weight is 508 g/mol. The quantitative estimate of drug-likeness (QED) is 0.206. The molecule has 1 aromatic carbocycles. The number of anilines is 1. The molecule has 9 heteroatoms. The standard InChI is InChI=1S/C20H24N6O2.HI/c1-21-20(24-10-9-23-19(28)14-5-4-8-22-12-14)25-13-15-11-18(27)26-17-7-3-2-6-16(15)17;/h2-8,12,15H,9-11,13H2,1H3,(H,23,28)(H,26,27)(H2,21,24,25);1H. The summed E-state index contributed by atoms with van der Waals surface area (Å²) < 4.78 is 0. The van der Waals surface area contributed by atoms with Crippen LogP contribution in [-0.4, -0.2) is 49.4 Å². The number of carbonyl (C=O) groups is 2. The lowest BCUT2D eigenvalue weighted by molar-refractivity contribution is -0.116. The first-order valence-corrected chi connectivity index (χ1v) is 9.19. The van der Waals surface area contributed by atoms with E-state index in [1.165, 1.54) is 6.20 Å². The Hall–Kier alpha value is -2.69. The highest BCUT2D eigenvalue weighted by Crippen LogP contribution is 2.31. The van der Waals surface area contributed by atoms with Gasteiger partial charge in [-0.25, -0.2) is 0 Å².